The van der Waals surface area contributed by atoms with Crippen molar-refractivity contribution in [3.8, 4) is 0 Å². The summed E-state index contributed by atoms with van der Waals surface area (Å²) >= 11 is 0. The number of rotatable bonds is 2. The molecule has 0 saturated heterocycles. The highest BCUT2D eigenvalue weighted by molar-refractivity contribution is 6.40. The summed E-state index contributed by atoms with van der Waals surface area (Å²) in [5, 5.41) is 8.62. The molecule has 1 aliphatic heterocycles. The molecule has 0 spiro atoms. The van der Waals surface area contributed by atoms with Crippen molar-refractivity contribution in [1.82, 2.24) is 4.57 Å². The van der Waals surface area contributed by atoms with E-state index in [-0.39, 0.29) is 18.5 Å². The number of hydrogen-bond acceptors (Lipinski definition) is 2. The van der Waals surface area contributed by atoms with E-state index in [0.717, 1.165) is 0 Å². The molecule has 0 unspecified atom stereocenters. The third-order valence-corrected chi connectivity index (χ3v) is 2.61. The van der Waals surface area contributed by atoms with Crippen LogP contribution in [0.4, 0.5) is 4.39 Å². The summed E-state index contributed by atoms with van der Waals surface area (Å²) in [6, 6.07) is 0. The van der Waals surface area contributed by atoms with Crippen molar-refractivity contribution in [1.29, 1.82) is 0 Å². The van der Waals surface area contributed by atoms with Crippen LogP contribution in [0, 0.1) is 6.92 Å². The van der Waals surface area contributed by atoms with Crippen LogP contribution in [-0.4, -0.2) is 27.6 Å². The van der Waals surface area contributed by atoms with Gasteiger partial charge in [-0.25, -0.2) is 9.18 Å². The molecule has 0 fully saturated rings. The van der Waals surface area contributed by atoms with Gasteiger partial charge in [-0.1, -0.05) is 0 Å². The van der Waals surface area contributed by atoms with Crippen LogP contribution in [0.25, 0.3) is 0 Å². The average Bonchev–Trinajstić information content (AvgIpc) is 2.58. The van der Waals surface area contributed by atoms with Gasteiger partial charge in [0.1, 0.15) is 6.17 Å². The minimum atomic E-state index is -1.49. The van der Waals surface area contributed by atoms with Gasteiger partial charge in [-0.2, -0.15) is 0 Å². The van der Waals surface area contributed by atoms with Crippen LogP contribution < -0.4 is 0 Å². The molecule has 0 saturated carbocycles. The molecule has 0 bridgehead atoms. The summed E-state index contributed by atoms with van der Waals surface area (Å²) in [5.74, 6) is -2.44. The Hall–Kier alpha value is -1.65. The quantitative estimate of drug-likeness (QED) is 0.585. The number of ketones is 1. The first kappa shape index (κ1) is 9.89. The fraction of sp³-hybridized carbons (Fsp3) is 0.400. The number of aromatic nitrogens is 1. The molecule has 80 valence electrons. The van der Waals surface area contributed by atoms with Crippen LogP contribution in [0.15, 0.2) is 6.20 Å². The second kappa shape index (κ2) is 3.18. The lowest BCUT2D eigenvalue weighted by Gasteiger charge is -1.98. The molecular weight excluding hydrogens is 201 g/mol. The van der Waals surface area contributed by atoms with Gasteiger partial charge in [0, 0.05) is 18.3 Å². The number of carbonyl (C=O) groups is 2. The van der Waals surface area contributed by atoms with Crippen LogP contribution in [0.5, 0.6) is 0 Å². The van der Waals surface area contributed by atoms with E-state index < -0.39 is 17.9 Å². The zero-order valence-corrected chi connectivity index (χ0v) is 8.16. The monoisotopic (exact) mass is 211 g/mol. The summed E-state index contributed by atoms with van der Waals surface area (Å²) in [5.41, 5.74) is 1.26. The molecular formula is C10H10FNO3. The van der Waals surface area contributed by atoms with Crippen molar-refractivity contribution in [2.24, 2.45) is 0 Å². The maximum atomic E-state index is 13.0. The molecule has 0 amide bonds. The van der Waals surface area contributed by atoms with E-state index in [2.05, 4.69) is 0 Å². The summed E-state index contributed by atoms with van der Waals surface area (Å²) in [6.45, 7) is 1.87. The minimum absolute atomic E-state index is 0.127. The molecule has 0 radical (unpaired) electrons. The Morgan fingerprint density at radius 3 is 2.87 bits per heavy atom. The van der Waals surface area contributed by atoms with Gasteiger partial charge >= 0.3 is 5.97 Å². The highest BCUT2D eigenvalue weighted by Gasteiger charge is 2.30. The largest absolute Gasteiger partial charge is 0.475 e. The molecule has 4 nitrogen and oxygen atoms in total. The van der Waals surface area contributed by atoms with Gasteiger partial charge in [0.25, 0.3) is 5.78 Å². The lowest BCUT2D eigenvalue weighted by Crippen LogP contribution is -2.15. The van der Waals surface area contributed by atoms with Crippen molar-refractivity contribution in [3.63, 3.8) is 0 Å². The number of nitrogens with zero attached hydrogens (tertiary/aromatic N) is 1. The maximum absolute atomic E-state index is 13.0. The number of hydrogen-bond donors (Lipinski definition) is 1. The molecule has 0 aliphatic carbocycles. The summed E-state index contributed by atoms with van der Waals surface area (Å²) in [4.78, 5) is 21.9. The molecule has 1 aromatic heterocycles. The molecule has 1 aliphatic rings. The lowest BCUT2D eigenvalue weighted by atomic mass is 10.1. The summed E-state index contributed by atoms with van der Waals surface area (Å²) < 4.78 is 14.7. The number of alkyl halides is 1. The Labute approximate surface area is 85.3 Å². The number of aryl methyl sites for hydroxylation is 1. The number of carboxylic acid groups (broad SMARTS) is 1. The Bertz CT molecular complexity index is 450. The van der Waals surface area contributed by atoms with E-state index >= 15 is 0 Å². The van der Waals surface area contributed by atoms with E-state index in [1.807, 2.05) is 0 Å². The molecule has 1 atom stereocenters. The standard InChI is InChI=1S/C10H10FNO3/c1-5-3-12-4-6(11)2-7(12)8(5)9(13)10(14)15/h3,6H,2,4H2,1H3,(H,14,15)/t6-/m1/s1. The number of Topliss-reactive ketones (excluding diaryl/α,β-unsaturated/α-hetero) is 1. The maximum Gasteiger partial charge on any atom is 0.377 e. The normalized spacial score (nSPS) is 18.9. The predicted molar refractivity (Wildman–Crippen MR) is 49.7 cm³/mol. The SMILES string of the molecule is Cc1cn2c(c1C(=O)C(=O)O)C[C@@H](F)C2. The van der Waals surface area contributed by atoms with Gasteiger partial charge in [0.15, 0.2) is 0 Å². The van der Waals surface area contributed by atoms with Gasteiger partial charge in [-0.05, 0) is 12.5 Å². The third-order valence-electron chi connectivity index (χ3n) is 2.61. The second-order valence-corrected chi connectivity index (χ2v) is 3.72. The zero-order chi connectivity index (χ0) is 11.2. The third kappa shape index (κ3) is 1.44. The van der Waals surface area contributed by atoms with Crippen molar-refractivity contribution in [2.75, 3.05) is 0 Å². The van der Waals surface area contributed by atoms with Gasteiger partial charge in [-0.3, -0.25) is 4.79 Å². The molecule has 1 aromatic rings. The summed E-state index contributed by atoms with van der Waals surface area (Å²) in [6.07, 6.45) is 0.744. The number of aliphatic carboxylic acids is 1. The topological polar surface area (TPSA) is 59.3 Å². The Balaban J connectivity index is 2.49. The Morgan fingerprint density at radius 2 is 2.27 bits per heavy atom. The van der Waals surface area contributed by atoms with Crippen LogP contribution in [0.3, 0.4) is 0 Å². The highest BCUT2D eigenvalue weighted by Crippen LogP contribution is 2.26. The van der Waals surface area contributed by atoms with Crippen LogP contribution in [0.2, 0.25) is 0 Å². The zero-order valence-electron chi connectivity index (χ0n) is 8.16. The van der Waals surface area contributed by atoms with E-state index in [4.69, 9.17) is 5.11 Å². The average molecular weight is 211 g/mol. The van der Waals surface area contributed by atoms with Crippen LogP contribution >= 0.6 is 0 Å². The van der Waals surface area contributed by atoms with Gasteiger partial charge in [0.05, 0.1) is 12.1 Å². The fourth-order valence-corrected chi connectivity index (χ4v) is 2.03. The number of carboxylic acids is 1. The molecule has 2 heterocycles. The minimum Gasteiger partial charge on any atom is -0.475 e. The van der Waals surface area contributed by atoms with E-state index in [0.29, 0.717) is 11.3 Å². The van der Waals surface area contributed by atoms with Gasteiger partial charge in [-0.15, -0.1) is 0 Å². The molecule has 2 rings (SSSR count). The first-order valence-electron chi connectivity index (χ1n) is 4.61. The predicted octanol–water partition coefficient (Wildman–Crippen LogP) is 0.958. The van der Waals surface area contributed by atoms with Crippen molar-refractivity contribution in [2.45, 2.75) is 26.1 Å². The fourth-order valence-electron chi connectivity index (χ4n) is 2.03. The highest BCUT2D eigenvalue weighted by atomic mass is 19.1. The van der Waals surface area contributed by atoms with Crippen LogP contribution in [-0.2, 0) is 17.8 Å². The van der Waals surface area contributed by atoms with Crippen molar-refractivity contribution >= 4 is 11.8 Å². The molecule has 5 heteroatoms. The van der Waals surface area contributed by atoms with Gasteiger partial charge in [0.2, 0.25) is 0 Å². The lowest BCUT2D eigenvalue weighted by molar-refractivity contribution is -0.131. The molecule has 1 N–H and O–H groups in total. The molecule has 15 heavy (non-hydrogen) atoms. The van der Waals surface area contributed by atoms with E-state index in [9.17, 15) is 14.0 Å². The summed E-state index contributed by atoms with van der Waals surface area (Å²) in [7, 11) is 0. The van der Waals surface area contributed by atoms with Crippen LogP contribution in [0.1, 0.15) is 21.6 Å². The number of carbonyl (C=O) groups excluding carboxylic acids is 1. The Kier molecular flexibility index (Phi) is 2.10. The van der Waals surface area contributed by atoms with Crippen molar-refractivity contribution < 1.29 is 19.1 Å². The number of halogens is 1. The van der Waals surface area contributed by atoms with Crippen molar-refractivity contribution in [3.05, 3.63) is 23.0 Å². The van der Waals surface area contributed by atoms with Gasteiger partial charge < -0.3 is 9.67 Å². The molecule has 0 aromatic carbocycles. The first-order valence-corrected chi connectivity index (χ1v) is 4.61. The second-order valence-electron chi connectivity index (χ2n) is 3.72. The van der Waals surface area contributed by atoms with E-state index in [1.54, 1.807) is 17.7 Å². The number of fused-ring (bicyclic) bond motifs is 1. The smallest absolute Gasteiger partial charge is 0.377 e. The Morgan fingerprint density at radius 1 is 1.60 bits per heavy atom. The first-order chi connectivity index (χ1) is 7.00. The van der Waals surface area contributed by atoms with E-state index in [1.165, 1.54) is 0 Å².